The van der Waals surface area contributed by atoms with Crippen LogP contribution in [-0.4, -0.2) is 10.2 Å². The van der Waals surface area contributed by atoms with Crippen molar-refractivity contribution in [3.05, 3.63) is 23.5 Å². The fourth-order valence-corrected chi connectivity index (χ4v) is 5.97. The molecule has 166 valence electrons. The Bertz CT molecular complexity index is 631. The van der Waals surface area contributed by atoms with Crippen LogP contribution < -0.4 is 0 Å². The number of hydrogen-bond donors (Lipinski definition) is 0. The molecule has 0 N–H and O–H groups in total. The number of rotatable bonds is 10. The van der Waals surface area contributed by atoms with Crippen LogP contribution in [0.25, 0.3) is 0 Å². The topological polar surface area (TPSA) is 49.6 Å². The highest BCUT2D eigenvalue weighted by molar-refractivity contribution is 5.12. The molecule has 1 heterocycles. The van der Waals surface area contributed by atoms with Crippen molar-refractivity contribution in [2.45, 2.75) is 116 Å². The van der Waals surface area contributed by atoms with E-state index in [0.717, 1.165) is 30.4 Å². The maximum absolute atomic E-state index is 9.84. The van der Waals surface area contributed by atoms with Crippen molar-refractivity contribution in [1.82, 2.24) is 10.2 Å². The average Bonchev–Trinajstić information content (AvgIpc) is 2.79. The second-order valence-electron chi connectivity index (χ2n) is 10.2. The Labute approximate surface area is 185 Å². The van der Waals surface area contributed by atoms with Gasteiger partial charge in [0.2, 0.25) is 0 Å². The molecule has 1 atom stereocenters. The molecule has 3 heteroatoms. The van der Waals surface area contributed by atoms with Gasteiger partial charge in [-0.15, -0.1) is 0 Å². The standard InChI is InChI=1S/C27H43N3/c1-3-5-6-8-26-17-18-27(30-29-26)24-15-11-22(12-16-24)19-25(20-28)23-13-9-21(7-4-2)10-14-23/h17-18,21-25H,3-16,19H2,1-2H3/t21-,22-,23-,24-,25?. The Balaban J connectivity index is 1.42. The van der Waals surface area contributed by atoms with E-state index in [1.54, 1.807) is 0 Å². The highest BCUT2D eigenvalue weighted by Crippen LogP contribution is 2.42. The van der Waals surface area contributed by atoms with E-state index in [1.807, 2.05) is 0 Å². The normalized spacial score (nSPS) is 28.0. The summed E-state index contributed by atoms with van der Waals surface area (Å²) in [6.07, 6.45) is 18.9. The van der Waals surface area contributed by atoms with Crippen molar-refractivity contribution >= 4 is 0 Å². The van der Waals surface area contributed by atoms with Gasteiger partial charge in [0, 0.05) is 11.8 Å². The summed E-state index contributed by atoms with van der Waals surface area (Å²) in [5, 5.41) is 18.9. The number of nitriles is 1. The van der Waals surface area contributed by atoms with Gasteiger partial charge < -0.3 is 0 Å². The zero-order valence-corrected chi connectivity index (χ0v) is 19.5. The molecule has 0 amide bonds. The monoisotopic (exact) mass is 409 g/mol. The molecule has 1 aromatic heterocycles. The predicted molar refractivity (Wildman–Crippen MR) is 124 cm³/mol. The molecule has 3 nitrogen and oxygen atoms in total. The molecule has 2 saturated carbocycles. The Hall–Kier alpha value is -1.43. The lowest BCUT2D eigenvalue weighted by atomic mass is 9.70. The van der Waals surface area contributed by atoms with Gasteiger partial charge in [0.15, 0.2) is 0 Å². The van der Waals surface area contributed by atoms with Gasteiger partial charge in [0.25, 0.3) is 0 Å². The Morgan fingerprint density at radius 3 is 2.23 bits per heavy atom. The van der Waals surface area contributed by atoms with Gasteiger partial charge in [-0.05, 0) is 87.7 Å². The van der Waals surface area contributed by atoms with Crippen molar-refractivity contribution in [3.8, 4) is 6.07 Å². The molecule has 0 saturated heterocycles. The first-order chi connectivity index (χ1) is 14.7. The Morgan fingerprint density at radius 2 is 1.63 bits per heavy atom. The molecule has 0 bridgehead atoms. The maximum Gasteiger partial charge on any atom is 0.0662 e. The van der Waals surface area contributed by atoms with Crippen LogP contribution in [-0.2, 0) is 6.42 Å². The van der Waals surface area contributed by atoms with Gasteiger partial charge in [-0.3, -0.25) is 0 Å². The molecule has 0 spiro atoms. The van der Waals surface area contributed by atoms with Crippen LogP contribution in [0, 0.1) is 35.0 Å². The van der Waals surface area contributed by atoms with Gasteiger partial charge in [0.05, 0.1) is 17.5 Å². The number of unbranched alkanes of at least 4 members (excludes halogenated alkanes) is 2. The van der Waals surface area contributed by atoms with E-state index in [9.17, 15) is 5.26 Å². The van der Waals surface area contributed by atoms with Gasteiger partial charge in [-0.25, -0.2) is 0 Å². The third-order valence-corrected chi connectivity index (χ3v) is 7.95. The van der Waals surface area contributed by atoms with Crippen LogP contribution in [0.1, 0.15) is 121 Å². The summed E-state index contributed by atoms with van der Waals surface area (Å²) < 4.78 is 0. The van der Waals surface area contributed by atoms with Crippen LogP contribution in [0.3, 0.4) is 0 Å². The van der Waals surface area contributed by atoms with Crippen LogP contribution >= 0.6 is 0 Å². The molecule has 2 aliphatic rings. The first-order valence-electron chi connectivity index (χ1n) is 13.0. The summed E-state index contributed by atoms with van der Waals surface area (Å²) in [6.45, 7) is 4.54. The molecule has 0 aromatic carbocycles. The second kappa shape index (κ2) is 12.4. The SMILES string of the molecule is CCCCCc1ccc([C@H]2CC[C@H](CC(C#N)[C@H]3CC[C@H](CCC)CC3)CC2)nn1. The summed E-state index contributed by atoms with van der Waals surface area (Å²) in [4.78, 5) is 0. The highest BCUT2D eigenvalue weighted by atomic mass is 15.1. The number of aryl methyl sites for hydroxylation is 1. The Morgan fingerprint density at radius 1 is 0.900 bits per heavy atom. The fourth-order valence-electron chi connectivity index (χ4n) is 5.97. The molecular formula is C27H43N3. The van der Waals surface area contributed by atoms with E-state index in [2.05, 4.69) is 42.2 Å². The summed E-state index contributed by atoms with van der Waals surface area (Å²) >= 11 is 0. The van der Waals surface area contributed by atoms with Crippen molar-refractivity contribution in [2.24, 2.45) is 23.7 Å². The zero-order chi connectivity index (χ0) is 21.2. The van der Waals surface area contributed by atoms with Crippen LogP contribution in [0.15, 0.2) is 12.1 Å². The first-order valence-corrected chi connectivity index (χ1v) is 13.0. The van der Waals surface area contributed by atoms with E-state index in [0.29, 0.717) is 11.8 Å². The molecule has 0 radical (unpaired) electrons. The second-order valence-corrected chi connectivity index (χ2v) is 10.2. The number of nitrogens with zero attached hydrogens (tertiary/aromatic N) is 3. The van der Waals surface area contributed by atoms with Crippen molar-refractivity contribution < 1.29 is 0 Å². The minimum absolute atomic E-state index is 0.288. The minimum atomic E-state index is 0.288. The average molecular weight is 410 g/mol. The quantitative estimate of drug-likeness (QED) is 0.373. The predicted octanol–water partition coefficient (Wildman–Crippen LogP) is 7.62. The lowest BCUT2D eigenvalue weighted by Crippen LogP contribution is -2.24. The van der Waals surface area contributed by atoms with E-state index >= 15 is 0 Å². The third kappa shape index (κ3) is 6.79. The summed E-state index contributed by atoms with van der Waals surface area (Å²) in [5.41, 5.74) is 2.34. The third-order valence-electron chi connectivity index (χ3n) is 7.95. The van der Waals surface area contributed by atoms with Gasteiger partial charge in [-0.1, -0.05) is 52.4 Å². The first kappa shape index (κ1) is 23.2. The van der Waals surface area contributed by atoms with Crippen molar-refractivity contribution in [3.63, 3.8) is 0 Å². The summed E-state index contributed by atoms with van der Waals surface area (Å²) in [7, 11) is 0. The highest BCUT2D eigenvalue weighted by Gasteiger charge is 2.31. The van der Waals surface area contributed by atoms with E-state index < -0.39 is 0 Å². The van der Waals surface area contributed by atoms with E-state index in [-0.39, 0.29) is 5.92 Å². The molecule has 1 aromatic rings. The maximum atomic E-state index is 9.84. The molecule has 0 aliphatic heterocycles. The number of aromatic nitrogens is 2. The van der Waals surface area contributed by atoms with Crippen LogP contribution in [0.2, 0.25) is 0 Å². The molecule has 3 rings (SSSR count). The van der Waals surface area contributed by atoms with Crippen LogP contribution in [0.4, 0.5) is 0 Å². The molecule has 2 fully saturated rings. The van der Waals surface area contributed by atoms with Crippen LogP contribution in [0.5, 0.6) is 0 Å². The minimum Gasteiger partial charge on any atom is -0.198 e. The molecule has 1 unspecified atom stereocenters. The lowest BCUT2D eigenvalue weighted by Gasteiger charge is -2.34. The molecule has 30 heavy (non-hydrogen) atoms. The summed E-state index contributed by atoms with van der Waals surface area (Å²) in [6, 6.07) is 7.14. The van der Waals surface area contributed by atoms with Crippen molar-refractivity contribution in [1.29, 1.82) is 5.26 Å². The summed E-state index contributed by atoms with van der Waals surface area (Å²) in [5.74, 6) is 3.19. The van der Waals surface area contributed by atoms with E-state index in [4.69, 9.17) is 0 Å². The van der Waals surface area contributed by atoms with Crippen molar-refractivity contribution in [2.75, 3.05) is 0 Å². The van der Waals surface area contributed by atoms with E-state index in [1.165, 1.54) is 89.2 Å². The number of hydrogen-bond acceptors (Lipinski definition) is 3. The molecule has 2 aliphatic carbocycles. The van der Waals surface area contributed by atoms with Gasteiger partial charge >= 0.3 is 0 Å². The molecular weight excluding hydrogens is 366 g/mol. The zero-order valence-electron chi connectivity index (χ0n) is 19.5. The largest absolute Gasteiger partial charge is 0.198 e. The lowest BCUT2D eigenvalue weighted by molar-refractivity contribution is 0.188. The fraction of sp³-hybridized carbons (Fsp3) is 0.815. The van der Waals surface area contributed by atoms with Gasteiger partial charge in [-0.2, -0.15) is 15.5 Å². The van der Waals surface area contributed by atoms with Gasteiger partial charge in [0.1, 0.15) is 0 Å². The Kier molecular flexibility index (Phi) is 9.63. The smallest absolute Gasteiger partial charge is 0.0662 e.